The first-order valence-electron chi connectivity index (χ1n) is 4.34. The molecule has 0 fully saturated rings. The lowest BCUT2D eigenvalue weighted by Gasteiger charge is -2.21. The van der Waals surface area contributed by atoms with Crippen molar-refractivity contribution in [2.24, 2.45) is 10.7 Å². The fraction of sp³-hybridized carbons (Fsp3) is 0.750. The molecular formula is C8H15N3OS. The van der Waals surface area contributed by atoms with Gasteiger partial charge in [-0.05, 0) is 25.4 Å². The van der Waals surface area contributed by atoms with Gasteiger partial charge in [-0.25, -0.2) is 4.79 Å². The fourth-order valence-electron chi connectivity index (χ4n) is 1.43. The highest BCUT2D eigenvalue weighted by Crippen LogP contribution is 2.15. The quantitative estimate of drug-likeness (QED) is 0.736. The first-order chi connectivity index (χ1) is 6.20. The highest BCUT2D eigenvalue weighted by atomic mass is 32.2. The van der Waals surface area contributed by atoms with Crippen LogP contribution in [0.1, 0.15) is 13.3 Å². The minimum Gasteiger partial charge on any atom is -0.385 e. The molecular weight excluding hydrogens is 186 g/mol. The van der Waals surface area contributed by atoms with Gasteiger partial charge < -0.3 is 10.6 Å². The number of carbonyl (C=O) groups excluding carboxylic acids is 1. The van der Waals surface area contributed by atoms with E-state index in [1.54, 1.807) is 16.7 Å². The maximum atomic E-state index is 11.2. The number of amides is 2. The second-order valence-electron chi connectivity index (χ2n) is 2.90. The Morgan fingerprint density at radius 3 is 2.92 bits per heavy atom. The first kappa shape index (κ1) is 10.4. The number of nitrogens with two attached hydrogens (primary N) is 1. The molecule has 13 heavy (non-hydrogen) atoms. The minimum absolute atomic E-state index is 0.0324. The van der Waals surface area contributed by atoms with E-state index in [-0.39, 0.29) is 12.1 Å². The molecule has 0 aromatic carbocycles. The van der Waals surface area contributed by atoms with Crippen molar-refractivity contribution in [3.05, 3.63) is 0 Å². The van der Waals surface area contributed by atoms with Gasteiger partial charge in [0.15, 0.2) is 0 Å². The molecule has 74 valence electrons. The minimum atomic E-state index is -0.189. The summed E-state index contributed by atoms with van der Waals surface area (Å²) >= 11 is 1.76. The number of hydrogen-bond donors (Lipinski definition) is 1. The van der Waals surface area contributed by atoms with Crippen LogP contribution in [-0.4, -0.2) is 41.4 Å². The maximum Gasteiger partial charge on any atom is 0.345 e. The molecule has 1 heterocycles. The number of likely N-dealkylation sites (N-methyl/N-ethyl adjacent to an activating group) is 1. The summed E-state index contributed by atoms with van der Waals surface area (Å²) in [6.07, 6.45) is 2.94. The molecule has 1 rings (SSSR count). The third-order valence-electron chi connectivity index (χ3n) is 2.12. The van der Waals surface area contributed by atoms with E-state index in [1.165, 1.54) is 0 Å². The predicted molar refractivity (Wildman–Crippen MR) is 56.2 cm³/mol. The van der Waals surface area contributed by atoms with Crippen LogP contribution in [0, 0.1) is 0 Å². The Morgan fingerprint density at radius 2 is 2.38 bits per heavy atom. The summed E-state index contributed by atoms with van der Waals surface area (Å²) < 4.78 is 0. The number of rotatable bonds is 4. The Hall–Kier alpha value is -0.710. The molecule has 0 spiro atoms. The van der Waals surface area contributed by atoms with E-state index < -0.39 is 0 Å². The zero-order valence-corrected chi connectivity index (χ0v) is 8.80. The zero-order valence-electron chi connectivity index (χ0n) is 7.99. The van der Waals surface area contributed by atoms with Crippen LogP contribution < -0.4 is 5.73 Å². The van der Waals surface area contributed by atoms with Gasteiger partial charge in [0.25, 0.3) is 0 Å². The van der Waals surface area contributed by atoms with Gasteiger partial charge in [0.1, 0.15) is 5.84 Å². The zero-order chi connectivity index (χ0) is 9.84. The van der Waals surface area contributed by atoms with Crippen LogP contribution in [0.15, 0.2) is 4.99 Å². The highest BCUT2D eigenvalue weighted by Gasteiger charge is 2.31. The summed E-state index contributed by atoms with van der Waals surface area (Å²) in [6, 6.07) is -0.156. The van der Waals surface area contributed by atoms with Crippen molar-refractivity contribution in [2.45, 2.75) is 19.4 Å². The van der Waals surface area contributed by atoms with Gasteiger partial charge in [0.2, 0.25) is 0 Å². The van der Waals surface area contributed by atoms with Gasteiger partial charge in [-0.3, -0.25) is 0 Å². The second-order valence-corrected chi connectivity index (χ2v) is 3.89. The van der Waals surface area contributed by atoms with Crippen molar-refractivity contribution in [1.29, 1.82) is 0 Å². The van der Waals surface area contributed by atoms with Gasteiger partial charge in [-0.2, -0.15) is 16.8 Å². The highest BCUT2D eigenvalue weighted by molar-refractivity contribution is 7.98. The Bertz CT molecular complexity index is 229. The Labute approximate surface area is 82.6 Å². The average molecular weight is 201 g/mol. The largest absolute Gasteiger partial charge is 0.385 e. The molecule has 1 unspecified atom stereocenters. The lowest BCUT2D eigenvalue weighted by atomic mass is 10.2. The molecule has 0 saturated heterocycles. The van der Waals surface area contributed by atoms with Crippen molar-refractivity contribution >= 4 is 23.6 Å². The molecule has 2 amide bonds. The smallest absolute Gasteiger partial charge is 0.345 e. The van der Waals surface area contributed by atoms with E-state index in [0.717, 1.165) is 12.2 Å². The maximum absolute atomic E-state index is 11.2. The third-order valence-corrected chi connectivity index (χ3v) is 2.77. The van der Waals surface area contributed by atoms with Crippen molar-refractivity contribution in [3.8, 4) is 0 Å². The number of amidine groups is 1. The van der Waals surface area contributed by atoms with Crippen LogP contribution in [0.5, 0.6) is 0 Å². The summed E-state index contributed by atoms with van der Waals surface area (Å²) in [7, 11) is 0. The number of thioether (sulfide) groups is 1. The molecule has 5 heteroatoms. The number of carbonyl (C=O) groups is 1. The Kier molecular flexibility index (Phi) is 3.59. The van der Waals surface area contributed by atoms with Gasteiger partial charge in [-0.15, -0.1) is 0 Å². The van der Waals surface area contributed by atoms with Crippen LogP contribution in [0.2, 0.25) is 0 Å². The molecule has 0 aromatic rings. The monoisotopic (exact) mass is 201 g/mol. The Balaban J connectivity index is 2.59. The Morgan fingerprint density at radius 1 is 1.69 bits per heavy atom. The topological polar surface area (TPSA) is 58.7 Å². The van der Waals surface area contributed by atoms with Gasteiger partial charge in [-0.1, -0.05) is 0 Å². The fourth-order valence-corrected chi connectivity index (χ4v) is 1.89. The van der Waals surface area contributed by atoms with Gasteiger partial charge in [0, 0.05) is 6.54 Å². The van der Waals surface area contributed by atoms with E-state index in [1.807, 2.05) is 13.2 Å². The second kappa shape index (κ2) is 4.50. The molecule has 0 bridgehead atoms. The number of hydrogen-bond acceptors (Lipinski definition) is 3. The standard InChI is InChI=1S/C8H15N3OS/c1-3-11-6(4-5-13-2)7(9)10-8(11)12/h6H,3-5H2,1-2H3,(H2,9,10,12). The summed E-state index contributed by atoms with van der Waals surface area (Å²) in [5.74, 6) is 1.48. The number of aliphatic imine (C=N–C) groups is 1. The molecule has 1 aliphatic heterocycles. The van der Waals surface area contributed by atoms with Gasteiger partial charge >= 0.3 is 6.03 Å². The van der Waals surface area contributed by atoms with E-state index in [2.05, 4.69) is 4.99 Å². The van der Waals surface area contributed by atoms with Crippen LogP contribution in [-0.2, 0) is 0 Å². The first-order valence-corrected chi connectivity index (χ1v) is 5.73. The molecule has 1 aliphatic rings. The van der Waals surface area contributed by atoms with Gasteiger partial charge in [0.05, 0.1) is 6.04 Å². The van der Waals surface area contributed by atoms with Crippen LogP contribution in [0.25, 0.3) is 0 Å². The molecule has 2 N–H and O–H groups in total. The number of urea groups is 1. The van der Waals surface area contributed by atoms with Crippen molar-refractivity contribution in [1.82, 2.24) is 4.90 Å². The summed E-state index contributed by atoms with van der Waals surface area (Å²) in [5.41, 5.74) is 5.65. The van der Waals surface area contributed by atoms with Crippen LogP contribution in [0.3, 0.4) is 0 Å². The lowest BCUT2D eigenvalue weighted by Crippen LogP contribution is -2.40. The summed E-state index contributed by atoms with van der Waals surface area (Å²) in [5, 5.41) is 0. The van der Waals surface area contributed by atoms with E-state index in [0.29, 0.717) is 12.4 Å². The molecule has 0 saturated carbocycles. The molecule has 4 nitrogen and oxygen atoms in total. The van der Waals surface area contributed by atoms with Crippen molar-refractivity contribution in [3.63, 3.8) is 0 Å². The van der Waals surface area contributed by atoms with E-state index in [9.17, 15) is 4.79 Å². The normalized spacial score (nSPS) is 22.3. The molecule has 0 aliphatic carbocycles. The molecule has 0 radical (unpaired) electrons. The molecule has 0 aromatic heterocycles. The summed E-state index contributed by atoms with van der Waals surface area (Å²) in [4.78, 5) is 16.7. The SMILES string of the molecule is CCN1C(=O)N=C(N)C1CCSC. The van der Waals surface area contributed by atoms with Crippen LogP contribution in [0.4, 0.5) is 4.79 Å². The van der Waals surface area contributed by atoms with Crippen molar-refractivity contribution in [2.75, 3.05) is 18.6 Å². The third kappa shape index (κ3) is 2.15. The van der Waals surface area contributed by atoms with E-state index >= 15 is 0 Å². The predicted octanol–water partition coefficient (Wildman–Crippen LogP) is 0.921. The number of nitrogens with zero attached hydrogens (tertiary/aromatic N) is 2. The van der Waals surface area contributed by atoms with Crippen molar-refractivity contribution < 1.29 is 4.79 Å². The average Bonchev–Trinajstić information content (AvgIpc) is 2.37. The lowest BCUT2D eigenvalue weighted by molar-refractivity contribution is 0.208. The molecule has 1 atom stereocenters. The summed E-state index contributed by atoms with van der Waals surface area (Å²) in [6.45, 7) is 2.63. The van der Waals surface area contributed by atoms with Crippen LogP contribution >= 0.6 is 11.8 Å². The van der Waals surface area contributed by atoms with E-state index in [4.69, 9.17) is 5.73 Å².